The molecule has 0 bridgehead atoms. The van der Waals surface area contributed by atoms with Gasteiger partial charge in [0.25, 0.3) is 0 Å². The summed E-state index contributed by atoms with van der Waals surface area (Å²) in [4.78, 5) is 18.2. The van der Waals surface area contributed by atoms with E-state index in [1.165, 1.54) is 24.3 Å². The van der Waals surface area contributed by atoms with Crippen LogP contribution in [0.4, 0.5) is 5.69 Å². The fraction of sp³-hybridized carbons (Fsp3) is 0.0833. The second-order valence-electron chi connectivity index (χ2n) is 4.06. The molecule has 0 fully saturated rings. The number of nitrogens with two attached hydrogens (primary N) is 1. The summed E-state index contributed by atoms with van der Waals surface area (Å²) in [5.41, 5.74) is 5.76. The van der Waals surface area contributed by atoms with Crippen LogP contribution in [0.3, 0.4) is 0 Å². The first-order valence-electron chi connectivity index (χ1n) is 5.68. The number of nitrogen functional groups attached to an aromatic ring is 1. The fourth-order valence-electron chi connectivity index (χ4n) is 1.54. The Kier molecular flexibility index (Phi) is 3.99. The first-order valence-corrected chi connectivity index (χ1v) is 6.06. The molecule has 8 nitrogen and oxygen atoms in total. The van der Waals surface area contributed by atoms with Crippen LogP contribution in [-0.2, 0) is 0 Å². The van der Waals surface area contributed by atoms with Gasteiger partial charge < -0.3 is 10.5 Å². The Morgan fingerprint density at radius 3 is 2.76 bits per heavy atom. The molecule has 0 aliphatic carbocycles. The van der Waals surface area contributed by atoms with Gasteiger partial charge in [0.1, 0.15) is 11.5 Å². The Hall–Kier alpha value is -2.74. The van der Waals surface area contributed by atoms with Gasteiger partial charge in [-0.1, -0.05) is 11.6 Å². The highest BCUT2D eigenvalue weighted by Gasteiger charge is 2.18. The van der Waals surface area contributed by atoms with Crippen LogP contribution < -0.4 is 10.5 Å². The molecule has 0 atom stereocenters. The van der Waals surface area contributed by atoms with Crippen LogP contribution in [0.15, 0.2) is 24.3 Å². The quantitative estimate of drug-likeness (QED) is 0.386. The highest BCUT2D eigenvalue weighted by molar-refractivity contribution is 6.30. The van der Waals surface area contributed by atoms with Crippen LogP contribution in [0.5, 0.6) is 11.8 Å². The van der Waals surface area contributed by atoms with Crippen molar-refractivity contribution < 1.29 is 9.66 Å². The zero-order valence-electron chi connectivity index (χ0n) is 10.8. The lowest BCUT2D eigenvalue weighted by molar-refractivity contribution is -0.385. The summed E-state index contributed by atoms with van der Waals surface area (Å²) in [6.45, 7) is 1.66. The summed E-state index contributed by atoms with van der Waals surface area (Å²) in [7, 11) is 0. The molecule has 0 saturated heterocycles. The summed E-state index contributed by atoms with van der Waals surface area (Å²) >= 11 is 5.80. The second kappa shape index (κ2) is 5.71. The van der Waals surface area contributed by atoms with E-state index in [0.29, 0.717) is 5.69 Å². The number of amidine groups is 1. The Morgan fingerprint density at radius 2 is 2.14 bits per heavy atom. The van der Waals surface area contributed by atoms with Crippen molar-refractivity contribution in [1.29, 1.82) is 5.41 Å². The molecule has 0 spiro atoms. The molecule has 0 amide bonds. The molecule has 1 aromatic carbocycles. The number of hydrogen-bond acceptors (Lipinski definition) is 6. The lowest BCUT2D eigenvalue weighted by Gasteiger charge is -2.07. The monoisotopic (exact) mass is 307 g/mol. The molecule has 1 heterocycles. The normalized spacial score (nSPS) is 10.2. The van der Waals surface area contributed by atoms with E-state index in [0.717, 1.165) is 0 Å². The van der Waals surface area contributed by atoms with E-state index in [2.05, 4.69) is 9.97 Å². The minimum atomic E-state index is -0.604. The summed E-state index contributed by atoms with van der Waals surface area (Å²) in [5, 5.41) is 18.6. The average Bonchev–Trinajstić information content (AvgIpc) is 2.37. The highest BCUT2D eigenvalue weighted by atomic mass is 35.5. The van der Waals surface area contributed by atoms with Gasteiger partial charge in [-0.3, -0.25) is 15.5 Å². The number of aromatic nitrogens is 2. The Morgan fingerprint density at radius 1 is 1.43 bits per heavy atom. The van der Waals surface area contributed by atoms with Gasteiger partial charge >= 0.3 is 11.7 Å². The molecule has 2 rings (SSSR count). The van der Waals surface area contributed by atoms with E-state index >= 15 is 0 Å². The molecule has 108 valence electrons. The lowest BCUT2D eigenvalue weighted by Crippen LogP contribution is -2.14. The van der Waals surface area contributed by atoms with Crippen LogP contribution in [0.25, 0.3) is 0 Å². The maximum absolute atomic E-state index is 11.0. The van der Waals surface area contributed by atoms with Gasteiger partial charge in [0.05, 0.1) is 4.92 Å². The number of rotatable bonds is 4. The van der Waals surface area contributed by atoms with Crippen molar-refractivity contribution in [2.75, 3.05) is 0 Å². The summed E-state index contributed by atoms with van der Waals surface area (Å²) < 4.78 is 5.32. The van der Waals surface area contributed by atoms with E-state index in [9.17, 15) is 10.1 Å². The molecule has 9 heteroatoms. The number of nitrogens with one attached hydrogen (secondary N) is 1. The number of nitro benzene ring substituents is 1. The van der Waals surface area contributed by atoms with Crippen LogP contribution in [0, 0.1) is 22.4 Å². The maximum Gasteiger partial charge on any atom is 0.323 e. The van der Waals surface area contributed by atoms with Crippen molar-refractivity contribution in [1.82, 2.24) is 9.97 Å². The van der Waals surface area contributed by atoms with Gasteiger partial charge in [-0.05, 0) is 19.1 Å². The molecule has 0 unspecified atom stereocenters. The van der Waals surface area contributed by atoms with Gasteiger partial charge in [0.2, 0.25) is 5.75 Å². The van der Waals surface area contributed by atoms with Crippen molar-refractivity contribution in [2.45, 2.75) is 6.92 Å². The number of aryl methyl sites for hydroxylation is 1. The van der Waals surface area contributed by atoms with Gasteiger partial charge in [-0.15, -0.1) is 0 Å². The third kappa shape index (κ3) is 3.42. The molecular formula is C12H10ClN5O3. The van der Waals surface area contributed by atoms with E-state index in [1.54, 1.807) is 6.92 Å². The standard InChI is InChI=1S/C12H10ClN5O3/c1-6-4-8(11(14)15)17-12(16-6)21-10-5-7(13)2-3-9(10)18(19)20/h2-5H,1H3,(H3,14,15). The average molecular weight is 308 g/mol. The van der Waals surface area contributed by atoms with Crippen LogP contribution in [0.2, 0.25) is 5.02 Å². The minimum absolute atomic E-state index is 0.0902. The largest absolute Gasteiger partial charge is 0.417 e. The number of ether oxygens (including phenoxy) is 1. The summed E-state index contributed by atoms with van der Waals surface area (Å²) in [5.74, 6) is -0.349. The predicted octanol–water partition coefficient (Wildman–Crippen LogP) is 2.42. The Labute approximate surface area is 124 Å². The third-order valence-electron chi connectivity index (χ3n) is 2.43. The number of nitrogens with zero attached hydrogens (tertiary/aromatic N) is 3. The predicted molar refractivity (Wildman–Crippen MR) is 76.0 cm³/mol. The number of benzene rings is 1. The van der Waals surface area contributed by atoms with Crippen molar-refractivity contribution in [3.63, 3.8) is 0 Å². The van der Waals surface area contributed by atoms with Gasteiger partial charge in [-0.2, -0.15) is 4.98 Å². The van der Waals surface area contributed by atoms with Crippen molar-refractivity contribution in [2.24, 2.45) is 5.73 Å². The smallest absolute Gasteiger partial charge is 0.323 e. The SMILES string of the molecule is Cc1cc(C(=N)N)nc(Oc2cc(Cl)ccc2[N+](=O)[O-])n1. The van der Waals surface area contributed by atoms with Crippen molar-refractivity contribution in [3.8, 4) is 11.8 Å². The van der Waals surface area contributed by atoms with Crippen LogP contribution >= 0.6 is 11.6 Å². The summed E-state index contributed by atoms with van der Waals surface area (Å²) in [6.07, 6.45) is 0. The molecule has 1 aromatic heterocycles. The third-order valence-corrected chi connectivity index (χ3v) is 2.66. The van der Waals surface area contributed by atoms with Gasteiger partial charge in [0, 0.05) is 22.8 Å². The topological polar surface area (TPSA) is 128 Å². The molecule has 0 aliphatic rings. The summed E-state index contributed by atoms with van der Waals surface area (Å²) in [6, 6.07) is 5.25. The lowest BCUT2D eigenvalue weighted by atomic mass is 10.3. The number of halogens is 1. The molecule has 3 N–H and O–H groups in total. The minimum Gasteiger partial charge on any atom is -0.417 e. The first-order chi connectivity index (χ1) is 9.86. The van der Waals surface area contributed by atoms with Crippen LogP contribution in [0.1, 0.15) is 11.4 Å². The molecule has 0 aliphatic heterocycles. The van der Waals surface area contributed by atoms with E-state index in [4.69, 9.17) is 27.5 Å². The Bertz CT molecular complexity index is 735. The maximum atomic E-state index is 11.0. The number of hydrogen-bond donors (Lipinski definition) is 2. The van der Waals surface area contributed by atoms with Crippen LogP contribution in [-0.4, -0.2) is 20.7 Å². The van der Waals surface area contributed by atoms with Gasteiger partial charge in [0.15, 0.2) is 0 Å². The highest BCUT2D eigenvalue weighted by Crippen LogP contribution is 2.32. The van der Waals surface area contributed by atoms with Crippen molar-refractivity contribution >= 4 is 23.1 Å². The second-order valence-corrected chi connectivity index (χ2v) is 4.50. The zero-order valence-corrected chi connectivity index (χ0v) is 11.6. The molecular weight excluding hydrogens is 298 g/mol. The first kappa shape index (κ1) is 14.7. The van der Waals surface area contributed by atoms with E-state index in [-0.39, 0.29) is 34.0 Å². The molecule has 0 radical (unpaired) electrons. The number of nitro groups is 1. The fourth-order valence-corrected chi connectivity index (χ4v) is 1.71. The van der Waals surface area contributed by atoms with Gasteiger partial charge in [-0.25, -0.2) is 4.98 Å². The molecule has 0 saturated carbocycles. The van der Waals surface area contributed by atoms with E-state index < -0.39 is 4.92 Å². The molecule has 2 aromatic rings. The Balaban J connectivity index is 2.45. The van der Waals surface area contributed by atoms with Crippen molar-refractivity contribution in [3.05, 3.63) is 50.8 Å². The zero-order chi connectivity index (χ0) is 15.6. The molecule has 21 heavy (non-hydrogen) atoms. The van der Waals surface area contributed by atoms with E-state index in [1.807, 2.05) is 0 Å².